The van der Waals surface area contributed by atoms with Crippen molar-refractivity contribution in [2.75, 3.05) is 6.61 Å². The lowest BCUT2D eigenvalue weighted by molar-refractivity contribution is -0.0268. The van der Waals surface area contributed by atoms with Gasteiger partial charge in [0, 0.05) is 14.7 Å². The molecule has 3 aromatic rings. The van der Waals surface area contributed by atoms with E-state index in [1.807, 2.05) is 0 Å². The molecule has 2 unspecified atom stereocenters. The second-order valence-electron chi connectivity index (χ2n) is 8.88. The molecular formula is C25H23F4IO. The molecule has 1 heterocycles. The Hall–Kier alpha value is -1.41. The number of ether oxygens (including phenoxy) is 1. The van der Waals surface area contributed by atoms with Crippen LogP contribution in [-0.4, -0.2) is 16.6 Å². The van der Waals surface area contributed by atoms with Crippen LogP contribution in [0.1, 0.15) is 50.0 Å². The quantitative estimate of drug-likeness (QED) is 0.139. The van der Waals surface area contributed by atoms with Crippen LogP contribution in [0.15, 0.2) is 30.3 Å². The first kappa shape index (κ1) is 21.4. The monoisotopic (exact) mass is 542 g/mol. The van der Waals surface area contributed by atoms with E-state index >= 15 is 8.78 Å². The maximum absolute atomic E-state index is 15.2. The third kappa shape index (κ3) is 3.84. The van der Waals surface area contributed by atoms with Crippen LogP contribution >= 0.6 is 22.6 Å². The minimum absolute atomic E-state index is 0.0795. The maximum Gasteiger partial charge on any atom is 0.167 e. The summed E-state index contributed by atoms with van der Waals surface area (Å²) in [5, 5.41) is 0.358. The molecule has 164 valence electrons. The summed E-state index contributed by atoms with van der Waals surface area (Å²) in [5.41, 5.74) is 0.344. The third-order valence-electron chi connectivity index (χ3n) is 7.08. The molecule has 0 amide bonds. The van der Waals surface area contributed by atoms with Crippen LogP contribution in [0.5, 0.6) is 0 Å². The van der Waals surface area contributed by atoms with Gasteiger partial charge in [0.1, 0.15) is 0 Å². The van der Waals surface area contributed by atoms with E-state index in [4.69, 9.17) is 4.74 Å². The Morgan fingerprint density at radius 1 is 0.742 bits per heavy atom. The number of hydrogen-bond donors (Lipinski definition) is 0. The molecule has 5 rings (SSSR count). The van der Waals surface area contributed by atoms with Gasteiger partial charge in [-0.2, -0.15) is 0 Å². The first-order valence-corrected chi connectivity index (χ1v) is 12.1. The van der Waals surface area contributed by atoms with Crippen molar-refractivity contribution in [3.63, 3.8) is 0 Å². The molecule has 6 heteroatoms. The SMILES string of the molecule is Fc1ccc2ccc3cc(C4CCC(C5CCC(I)CO5)CC4)c(F)c(F)c3c2c1F. The summed E-state index contributed by atoms with van der Waals surface area (Å²) in [7, 11) is 0. The molecule has 0 bridgehead atoms. The lowest BCUT2D eigenvalue weighted by Gasteiger charge is -2.37. The predicted molar refractivity (Wildman–Crippen MR) is 123 cm³/mol. The van der Waals surface area contributed by atoms with Gasteiger partial charge in [-0.1, -0.05) is 40.8 Å². The van der Waals surface area contributed by atoms with Crippen molar-refractivity contribution in [1.82, 2.24) is 0 Å². The van der Waals surface area contributed by atoms with Gasteiger partial charge < -0.3 is 4.74 Å². The number of halogens is 5. The van der Waals surface area contributed by atoms with Crippen LogP contribution < -0.4 is 0 Å². The fraction of sp³-hybridized carbons (Fsp3) is 0.440. The van der Waals surface area contributed by atoms with Gasteiger partial charge in [-0.3, -0.25) is 0 Å². The predicted octanol–water partition coefficient (Wildman–Crippen LogP) is 7.81. The Kier molecular flexibility index (Phi) is 5.88. The number of rotatable bonds is 2. The number of benzene rings is 3. The zero-order chi connectivity index (χ0) is 21.7. The lowest BCUT2D eigenvalue weighted by atomic mass is 9.75. The van der Waals surface area contributed by atoms with Gasteiger partial charge in [0.15, 0.2) is 23.3 Å². The minimum atomic E-state index is -1.14. The number of fused-ring (bicyclic) bond motifs is 3. The Bertz CT molecular complexity index is 1130. The molecule has 1 saturated heterocycles. The molecule has 1 nitrogen and oxygen atoms in total. The highest BCUT2D eigenvalue weighted by Crippen LogP contribution is 2.43. The molecule has 0 radical (unpaired) electrons. The fourth-order valence-corrected chi connectivity index (χ4v) is 5.97. The van der Waals surface area contributed by atoms with Crippen LogP contribution in [0.3, 0.4) is 0 Å². The van der Waals surface area contributed by atoms with Gasteiger partial charge in [0.25, 0.3) is 0 Å². The average molecular weight is 542 g/mol. The van der Waals surface area contributed by atoms with Gasteiger partial charge in [0.2, 0.25) is 0 Å². The van der Waals surface area contributed by atoms with Crippen molar-refractivity contribution in [3.05, 3.63) is 59.2 Å². The largest absolute Gasteiger partial charge is 0.377 e. The molecular weight excluding hydrogens is 519 g/mol. The molecule has 1 saturated carbocycles. The van der Waals surface area contributed by atoms with E-state index in [1.165, 1.54) is 12.5 Å². The number of alkyl halides is 1. The zero-order valence-electron chi connectivity index (χ0n) is 16.9. The average Bonchev–Trinajstić information content (AvgIpc) is 2.79. The number of hydrogen-bond acceptors (Lipinski definition) is 1. The molecule has 0 aromatic heterocycles. The summed E-state index contributed by atoms with van der Waals surface area (Å²) in [6.45, 7) is 0.792. The van der Waals surface area contributed by atoms with Crippen molar-refractivity contribution in [2.45, 2.75) is 54.5 Å². The van der Waals surface area contributed by atoms with E-state index in [0.717, 1.165) is 44.8 Å². The fourth-order valence-electron chi connectivity index (χ4n) is 5.40. The van der Waals surface area contributed by atoms with Crippen LogP contribution in [0.2, 0.25) is 0 Å². The molecule has 0 spiro atoms. The smallest absolute Gasteiger partial charge is 0.167 e. The topological polar surface area (TPSA) is 9.23 Å². The first-order valence-electron chi connectivity index (χ1n) is 10.9. The molecule has 2 aliphatic rings. The molecule has 2 fully saturated rings. The molecule has 0 N–H and O–H groups in total. The minimum Gasteiger partial charge on any atom is -0.377 e. The summed E-state index contributed by atoms with van der Waals surface area (Å²) in [5.74, 6) is -3.85. The third-order valence-corrected chi connectivity index (χ3v) is 8.06. The van der Waals surface area contributed by atoms with E-state index in [2.05, 4.69) is 22.6 Å². The second kappa shape index (κ2) is 8.50. The van der Waals surface area contributed by atoms with Crippen molar-refractivity contribution >= 4 is 44.1 Å². The second-order valence-corrected chi connectivity index (χ2v) is 10.6. The standard InChI is InChI=1S/C25H23F4IO/c26-19-9-7-15-5-6-16-11-18(23(27)25(29)22(16)21(15)24(19)28)13-1-3-14(4-2-13)20-10-8-17(30)12-31-20/h5-7,9,11,13-14,17,20H,1-4,8,10,12H2. The Balaban J connectivity index is 1.45. The van der Waals surface area contributed by atoms with E-state index in [-0.39, 0.29) is 22.8 Å². The molecule has 2 atom stereocenters. The van der Waals surface area contributed by atoms with Crippen LogP contribution in [0.25, 0.3) is 21.5 Å². The van der Waals surface area contributed by atoms with Crippen molar-refractivity contribution in [3.8, 4) is 0 Å². The summed E-state index contributed by atoms with van der Waals surface area (Å²) >= 11 is 2.42. The summed E-state index contributed by atoms with van der Waals surface area (Å²) in [4.78, 5) is 0. The van der Waals surface area contributed by atoms with Crippen LogP contribution in [-0.2, 0) is 4.74 Å². The van der Waals surface area contributed by atoms with Gasteiger partial charge in [0.05, 0.1) is 12.7 Å². The van der Waals surface area contributed by atoms with Crippen LogP contribution in [0, 0.1) is 29.2 Å². The summed E-state index contributed by atoms with van der Waals surface area (Å²) < 4.78 is 65.2. The molecule has 1 aliphatic carbocycles. The first-order chi connectivity index (χ1) is 14.9. The van der Waals surface area contributed by atoms with E-state index in [9.17, 15) is 8.78 Å². The van der Waals surface area contributed by atoms with Crippen molar-refractivity contribution in [2.24, 2.45) is 5.92 Å². The van der Waals surface area contributed by atoms with Crippen molar-refractivity contribution in [1.29, 1.82) is 0 Å². The van der Waals surface area contributed by atoms with E-state index in [1.54, 1.807) is 18.2 Å². The molecule has 31 heavy (non-hydrogen) atoms. The van der Waals surface area contributed by atoms with Gasteiger partial charge >= 0.3 is 0 Å². The Labute approximate surface area is 192 Å². The van der Waals surface area contributed by atoms with E-state index < -0.39 is 23.3 Å². The highest BCUT2D eigenvalue weighted by atomic mass is 127. The summed E-state index contributed by atoms with van der Waals surface area (Å²) in [6.07, 6.45) is 5.91. The molecule has 3 aromatic carbocycles. The van der Waals surface area contributed by atoms with Crippen molar-refractivity contribution < 1.29 is 22.3 Å². The Morgan fingerprint density at radius 3 is 2.13 bits per heavy atom. The lowest BCUT2D eigenvalue weighted by Crippen LogP contribution is -2.34. The normalized spacial score (nSPS) is 27.1. The Morgan fingerprint density at radius 2 is 1.42 bits per heavy atom. The highest BCUT2D eigenvalue weighted by molar-refractivity contribution is 14.1. The zero-order valence-corrected chi connectivity index (χ0v) is 19.1. The maximum atomic E-state index is 15.2. The van der Waals surface area contributed by atoms with Gasteiger partial charge in [-0.05, 0) is 78.8 Å². The summed E-state index contributed by atoms with van der Waals surface area (Å²) in [6, 6.07) is 7.29. The van der Waals surface area contributed by atoms with E-state index in [0.29, 0.717) is 26.2 Å². The van der Waals surface area contributed by atoms with Crippen LogP contribution in [0.4, 0.5) is 17.6 Å². The van der Waals surface area contributed by atoms with Gasteiger partial charge in [-0.25, -0.2) is 17.6 Å². The highest BCUT2D eigenvalue weighted by Gasteiger charge is 2.33. The molecule has 1 aliphatic heterocycles. The van der Waals surface area contributed by atoms with Gasteiger partial charge in [-0.15, -0.1) is 0 Å².